The lowest BCUT2D eigenvalue weighted by Crippen LogP contribution is -2.34. The Morgan fingerprint density at radius 2 is 1.97 bits per heavy atom. The number of aliphatic hydroxyl groups is 1. The number of carbonyl (C=O) groups is 1. The quantitative estimate of drug-likeness (QED) is 0.637. The Balaban J connectivity index is 0.000000423. The van der Waals surface area contributed by atoms with Gasteiger partial charge in [-0.05, 0) is 62.7 Å². The normalized spacial score (nSPS) is 16.5. The lowest BCUT2D eigenvalue weighted by Gasteiger charge is -2.31. The molecule has 0 bridgehead atoms. The molecule has 0 saturated carbocycles. The van der Waals surface area contributed by atoms with Crippen molar-refractivity contribution in [2.24, 2.45) is 5.92 Å². The SMILES string of the molecule is CSc1cccc(CN2CCC(Cn3cc(C(C)O)nn3)CC2)c1.O=C(O)C(F)(F)F. The molecule has 2 heterocycles. The Morgan fingerprint density at radius 1 is 1.32 bits per heavy atom. The Morgan fingerprint density at radius 3 is 2.48 bits per heavy atom. The van der Waals surface area contributed by atoms with Gasteiger partial charge in [0.25, 0.3) is 0 Å². The van der Waals surface area contributed by atoms with Gasteiger partial charge in [0.2, 0.25) is 0 Å². The molecular formula is C20H27F3N4O3S. The van der Waals surface area contributed by atoms with E-state index in [4.69, 9.17) is 9.90 Å². The van der Waals surface area contributed by atoms with Crippen molar-refractivity contribution in [1.29, 1.82) is 0 Å². The van der Waals surface area contributed by atoms with Gasteiger partial charge in [0.15, 0.2) is 0 Å². The molecule has 0 aliphatic carbocycles. The van der Waals surface area contributed by atoms with Gasteiger partial charge in [-0.25, -0.2) is 4.79 Å². The van der Waals surface area contributed by atoms with Gasteiger partial charge in [-0.2, -0.15) is 13.2 Å². The van der Waals surface area contributed by atoms with Crippen LogP contribution in [0.4, 0.5) is 13.2 Å². The summed E-state index contributed by atoms with van der Waals surface area (Å²) in [5.41, 5.74) is 2.05. The Hall–Kier alpha value is -2.11. The van der Waals surface area contributed by atoms with Crippen LogP contribution in [0.5, 0.6) is 0 Å². The predicted molar refractivity (Wildman–Crippen MR) is 111 cm³/mol. The van der Waals surface area contributed by atoms with Crippen LogP contribution in [-0.2, 0) is 17.9 Å². The van der Waals surface area contributed by atoms with Crippen LogP contribution < -0.4 is 0 Å². The molecule has 1 aromatic carbocycles. The summed E-state index contributed by atoms with van der Waals surface area (Å²) in [6.45, 7) is 5.92. The van der Waals surface area contributed by atoms with Crippen LogP contribution >= 0.6 is 11.8 Å². The molecule has 1 aliphatic rings. The van der Waals surface area contributed by atoms with E-state index in [1.807, 2.05) is 10.9 Å². The Kier molecular flexibility index (Phi) is 9.32. The fraction of sp³-hybridized carbons (Fsp3) is 0.550. The van der Waals surface area contributed by atoms with E-state index in [0.717, 1.165) is 26.2 Å². The average Bonchev–Trinajstić information content (AvgIpc) is 3.18. The molecule has 1 saturated heterocycles. The first kappa shape index (κ1) is 25.2. The molecule has 1 aliphatic heterocycles. The van der Waals surface area contributed by atoms with Crippen LogP contribution in [0, 0.1) is 5.92 Å². The zero-order valence-electron chi connectivity index (χ0n) is 17.4. The van der Waals surface area contributed by atoms with Crippen molar-refractivity contribution in [3.63, 3.8) is 0 Å². The van der Waals surface area contributed by atoms with E-state index in [9.17, 15) is 18.3 Å². The van der Waals surface area contributed by atoms with Gasteiger partial charge in [-0.1, -0.05) is 17.3 Å². The van der Waals surface area contributed by atoms with E-state index in [1.165, 1.54) is 23.3 Å². The fourth-order valence-corrected chi connectivity index (χ4v) is 3.70. The molecule has 1 aromatic heterocycles. The van der Waals surface area contributed by atoms with E-state index >= 15 is 0 Å². The lowest BCUT2D eigenvalue weighted by atomic mass is 9.96. The molecule has 11 heteroatoms. The van der Waals surface area contributed by atoms with Crippen LogP contribution in [0.2, 0.25) is 0 Å². The van der Waals surface area contributed by atoms with Gasteiger partial charge in [0.05, 0.1) is 12.3 Å². The number of piperidine rings is 1. The van der Waals surface area contributed by atoms with E-state index < -0.39 is 18.2 Å². The summed E-state index contributed by atoms with van der Waals surface area (Å²) < 4.78 is 33.6. The zero-order valence-corrected chi connectivity index (χ0v) is 18.2. The Bertz CT molecular complexity index is 837. The van der Waals surface area contributed by atoms with E-state index in [1.54, 1.807) is 18.7 Å². The second-order valence-corrected chi connectivity index (χ2v) is 8.30. The molecular weight excluding hydrogens is 433 g/mol. The molecule has 2 N–H and O–H groups in total. The zero-order chi connectivity index (χ0) is 23.0. The van der Waals surface area contributed by atoms with Gasteiger partial charge in [-0.3, -0.25) is 9.58 Å². The fourth-order valence-electron chi connectivity index (χ4n) is 3.21. The van der Waals surface area contributed by atoms with Crippen molar-refractivity contribution >= 4 is 17.7 Å². The molecule has 0 spiro atoms. The van der Waals surface area contributed by atoms with Crippen molar-refractivity contribution in [2.75, 3.05) is 19.3 Å². The number of alkyl halides is 3. The highest BCUT2D eigenvalue weighted by atomic mass is 32.2. The van der Waals surface area contributed by atoms with E-state index in [0.29, 0.717) is 11.6 Å². The number of carboxylic acid groups (broad SMARTS) is 1. The minimum absolute atomic E-state index is 0.544. The van der Waals surface area contributed by atoms with Crippen LogP contribution in [0.1, 0.15) is 37.1 Å². The summed E-state index contributed by atoms with van der Waals surface area (Å²) in [5.74, 6) is -2.12. The molecule has 3 rings (SSSR count). The number of likely N-dealkylation sites (tertiary alicyclic amines) is 1. The van der Waals surface area contributed by atoms with Crippen LogP contribution in [0.3, 0.4) is 0 Å². The van der Waals surface area contributed by atoms with Crippen molar-refractivity contribution < 1.29 is 28.2 Å². The number of nitrogens with zero attached hydrogens (tertiary/aromatic N) is 4. The Labute approximate surface area is 183 Å². The standard InChI is InChI=1S/C18H26N4OS.C2HF3O2/c1-14(23)18-13-22(20-19-18)12-15-6-8-21(9-7-15)11-16-4-3-5-17(10-16)24-2;3-2(4,5)1(6)7/h3-5,10,13-15,23H,6-9,11-12H2,1-2H3;(H,6,7). The number of rotatable bonds is 6. The predicted octanol–water partition coefficient (Wildman–Crippen LogP) is 3.60. The summed E-state index contributed by atoms with van der Waals surface area (Å²) in [5, 5.41) is 24.8. The number of hydrogen-bond donors (Lipinski definition) is 2. The number of aliphatic hydroxyl groups excluding tert-OH is 1. The van der Waals surface area contributed by atoms with Gasteiger partial charge < -0.3 is 10.2 Å². The first-order valence-corrected chi connectivity index (χ1v) is 11.0. The molecule has 172 valence electrons. The van der Waals surface area contributed by atoms with Crippen molar-refractivity contribution in [1.82, 2.24) is 19.9 Å². The number of aliphatic carboxylic acids is 1. The summed E-state index contributed by atoms with van der Waals surface area (Å²) in [6.07, 6.45) is 0.735. The number of aromatic nitrogens is 3. The molecule has 0 radical (unpaired) electrons. The molecule has 7 nitrogen and oxygen atoms in total. The molecule has 1 unspecified atom stereocenters. The third-order valence-corrected chi connectivity index (χ3v) is 5.64. The summed E-state index contributed by atoms with van der Waals surface area (Å²) in [4.78, 5) is 12.8. The highest BCUT2D eigenvalue weighted by Crippen LogP contribution is 2.22. The minimum atomic E-state index is -5.08. The molecule has 0 amide bonds. The second kappa shape index (κ2) is 11.5. The average molecular weight is 461 g/mol. The first-order chi connectivity index (χ1) is 14.6. The highest BCUT2D eigenvalue weighted by Gasteiger charge is 2.38. The third kappa shape index (κ3) is 8.50. The summed E-state index contributed by atoms with van der Waals surface area (Å²) in [7, 11) is 0. The van der Waals surface area contributed by atoms with Crippen LogP contribution in [0.15, 0.2) is 35.4 Å². The van der Waals surface area contributed by atoms with Gasteiger partial charge in [0, 0.05) is 18.0 Å². The number of benzene rings is 1. The smallest absolute Gasteiger partial charge is 0.475 e. The molecule has 1 fully saturated rings. The van der Waals surface area contributed by atoms with Crippen LogP contribution in [0.25, 0.3) is 0 Å². The third-order valence-electron chi connectivity index (χ3n) is 4.92. The molecule has 1 atom stereocenters. The van der Waals surface area contributed by atoms with Gasteiger partial charge >= 0.3 is 12.1 Å². The van der Waals surface area contributed by atoms with E-state index in [-0.39, 0.29) is 0 Å². The number of carboxylic acids is 1. The number of hydrogen-bond acceptors (Lipinski definition) is 6. The maximum absolute atomic E-state index is 10.6. The molecule has 31 heavy (non-hydrogen) atoms. The maximum Gasteiger partial charge on any atom is 0.490 e. The first-order valence-electron chi connectivity index (χ1n) is 9.82. The topological polar surface area (TPSA) is 91.5 Å². The highest BCUT2D eigenvalue weighted by molar-refractivity contribution is 7.98. The lowest BCUT2D eigenvalue weighted by molar-refractivity contribution is -0.192. The number of halogens is 3. The van der Waals surface area contributed by atoms with Gasteiger partial charge in [0.1, 0.15) is 5.69 Å². The van der Waals surface area contributed by atoms with Crippen molar-refractivity contribution in [3.8, 4) is 0 Å². The second-order valence-electron chi connectivity index (χ2n) is 7.42. The van der Waals surface area contributed by atoms with Crippen molar-refractivity contribution in [3.05, 3.63) is 41.7 Å². The van der Waals surface area contributed by atoms with E-state index in [2.05, 4.69) is 45.7 Å². The van der Waals surface area contributed by atoms with Gasteiger partial charge in [-0.15, -0.1) is 16.9 Å². The maximum atomic E-state index is 10.6. The molecule has 2 aromatic rings. The monoisotopic (exact) mass is 460 g/mol. The summed E-state index contributed by atoms with van der Waals surface area (Å²) in [6, 6.07) is 8.83. The summed E-state index contributed by atoms with van der Waals surface area (Å²) >= 11 is 1.80. The van der Waals surface area contributed by atoms with Crippen molar-refractivity contribution in [2.45, 2.75) is 50.0 Å². The van der Waals surface area contributed by atoms with Crippen LogP contribution in [-0.4, -0.2) is 61.6 Å². The largest absolute Gasteiger partial charge is 0.490 e. The minimum Gasteiger partial charge on any atom is -0.475 e. The number of thioether (sulfide) groups is 1.